The molecule has 1 aliphatic rings. The zero-order chi connectivity index (χ0) is 12.8. The van der Waals surface area contributed by atoms with E-state index in [9.17, 15) is 0 Å². The molecule has 6 nitrogen and oxygen atoms in total. The van der Waals surface area contributed by atoms with Crippen LogP contribution in [-0.2, 0) is 11.2 Å². The number of anilines is 1. The van der Waals surface area contributed by atoms with Crippen LogP contribution in [0.25, 0.3) is 0 Å². The zero-order valence-electron chi connectivity index (χ0n) is 11.1. The van der Waals surface area contributed by atoms with Gasteiger partial charge in [-0.25, -0.2) is 0 Å². The van der Waals surface area contributed by atoms with Crippen LogP contribution < -0.4 is 10.6 Å². The van der Waals surface area contributed by atoms with Gasteiger partial charge in [-0.1, -0.05) is 0 Å². The number of H-pyrrole nitrogens is 1. The molecule has 2 heterocycles. The second kappa shape index (κ2) is 6.70. The number of rotatable bonds is 6. The van der Waals surface area contributed by atoms with Gasteiger partial charge >= 0.3 is 0 Å². The fourth-order valence-corrected chi connectivity index (χ4v) is 2.29. The van der Waals surface area contributed by atoms with Crippen LogP contribution >= 0.6 is 0 Å². The van der Waals surface area contributed by atoms with Crippen LogP contribution in [0.4, 0.5) is 5.95 Å². The second-order valence-electron chi connectivity index (χ2n) is 4.84. The van der Waals surface area contributed by atoms with E-state index >= 15 is 0 Å². The van der Waals surface area contributed by atoms with Gasteiger partial charge in [0.05, 0.1) is 0 Å². The summed E-state index contributed by atoms with van der Waals surface area (Å²) in [6.07, 6.45) is 4.15. The van der Waals surface area contributed by atoms with Gasteiger partial charge in [0, 0.05) is 33.2 Å². The number of nitrogens with one attached hydrogen (secondary N) is 1. The topological polar surface area (TPSA) is 80.1 Å². The van der Waals surface area contributed by atoms with Gasteiger partial charge in [0.25, 0.3) is 0 Å². The Hall–Kier alpha value is -1.14. The van der Waals surface area contributed by atoms with Crippen molar-refractivity contribution in [2.24, 2.45) is 11.7 Å². The third-order valence-corrected chi connectivity index (χ3v) is 3.51. The highest BCUT2D eigenvalue weighted by Crippen LogP contribution is 2.19. The number of nitrogens with zero attached hydrogens (tertiary/aromatic N) is 3. The Labute approximate surface area is 108 Å². The van der Waals surface area contributed by atoms with Crippen molar-refractivity contribution in [1.29, 1.82) is 0 Å². The predicted molar refractivity (Wildman–Crippen MR) is 70.6 cm³/mol. The largest absolute Gasteiger partial charge is 0.385 e. The molecule has 1 aromatic heterocycles. The number of aromatic amines is 1. The maximum absolute atomic E-state index is 5.69. The summed E-state index contributed by atoms with van der Waals surface area (Å²) in [5.41, 5.74) is 5.69. The molecule has 3 N–H and O–H groups in total. The van der Waals surface area contributed by atoms with E-state index in [0.29, 0.717) is 5.92 Å². The minimum absolute atomic E-state index is 0.668. The maximum Gasteiger partial charge on any atom is 0.244 e. The molecule has 1 fully saturated rings. The number of piperidine rings is 1. The summed E-state index contributed by atoms with van der Waals surface area (Å²) in [5, 5.41) is 7.29. The van der Waals surface area contributed by atoms with Crippen molar-refractivity contribution < 1.29 is 4.74 Å². The van der Waals surface area contributed by atoms with Gasteiger partial charge in [0.1, 0.15) is 5.82 Å². The van der Waals surface area contributed by atoms with Crippen molar-refractivity contribution >= 4 is 5.95 Å². The Balaban J connectivity index is 1.82. The van der Waals surface area contributed by atoms with Crippen molar-refractivity contribution in [3.05, 3.63) is 5.82 Å². The Bertz CT molecular complexity index is 346. The first-order chi connectivity index (χ1) is 8.83. The zero-order valence-corrected chi connectivity index (χ0v) is 11.1. The minimum atomic E-state index is 0.668. The van der Waals surface area contributed by atoms with Crippen LogP contribution in [0.15, 0.2) is 0 Å². The van der Waals surface area contributed by atoms with Crippen molar-refractivity contribution in [2.75, 3.05) is 38.3 Å². The van der Waals surface area contributed by atoms with E-state index in [2.05, 4.69) is 20.1 Å². The van der Waals surface area contributed by atoms with Gasteiger partial charge in [0.15, 0.2) is 0 Å². The minimum Gasteiger partial charge on any atom is -0.385 e. The van der Waals surface area contributed by atoms with Crippen LogP contribution in [0.3, 0.4) is 0 Å². The third-order valence-electron chi connectivity index (χ3n) is 3.51. The smallest absolute Gasteiger partial charge is 0.244 e. The number of hydrogen-bond donors (Lipinski definition) is 2. The summed E-state index contributed by atoms with van der Waals surface area (Å²) in [6, 6.07) is 0. The van der Waals surface area contributed by atoms with E-state index in [-0.39, 0.29) is 0 Å². The summed E-state index contributed by atoms with van der Waals surface area (Å²) in [6.45, 7) is 3.58. The van der Waals surface area contributed by atoms with Gasteiger partial charge < -0.3 is 15.4 Å². The monoisotopic (exact) mass is 253 g/mol. The Morgan fingerprint density at radius 2 is 2.22 bits per heavy atom. The highest BCUT2D eigenvalue weighted by atomic mass is 16.5. The third kappa shape index (κ3) is 3.43. The highest BCUT2D eigenvalue weighted by molar-refractivity contribution is 5.29. The first-order valence-corrected chi connectivity index (χ1v) is 6.68. The molecule has 2 rings (SSSR count). The standard InChI is InChI=1S/C12H23N5O/c1-18-8-2-3-11-14-12(16-15-11)17-6-4-10(9-13)5-7-17/h10H,2-9,13H2,1H3,(H,14,15,16). The van der Waals surface area contributed by atoms with Crippen LogP contribution in [0.5, 0.6) is 0 Å². The quantitative estimate of drug-likeness (QED) is 0.724. The number of methoxy groups -OCH3 is 1. The lowest BCUT2D eigenvalue weighted by Gasteiger charge is -2.30. The molecule has 102 valence electrons. The number of ether oxygens (including phenoxy) is 1. The lowest BCUT2D eigenvalue weighted by molar-refractivity contribution is 0.194. The fraction of sp³-hybridized carbons (Fsp3) is 0.833. The number of aryl methyl sites for hydroxylation is 1. The first-order valence-electron chi connectivity index (χ1n) is 6.68. The van der Waals surface area contributed by atoms with E-state index in [1.807, 2.05) is 0 Å². The normalized spacial score (nSPS) is 17.3. The molecule has 0 unspecified atom stereocenters. The van der Waals surface area contributed by atoms with E-state index in [0.717, 1.165) is 63.7 Å². The molecule has 1 aliphatic heterocycles. The second-order valence-corrected chi connectivity index (χ2v) is 4.84. The molecule has 0 saturated carbocycles. The van der Waals surface area contributed by atoms with Gasteiger partial charge in [-0.3, -0.25) is 5.10 Å². The molecule has 0 radical (unpaired) electrons. The average molecular weight is 253 g/mol. The lowest BCUT2D eigenvalue weighted by Crippen LogP contribution is -2.36. The molecule has 0 aromatic carbocycles. The molecule has 0 spiro atoms. The first kappa shape index (κ1) is 13.3. The number of aromatic nitrogens is 3. The number of hydrogen-bond acceptors (Lipinski definition) is 5. The molecule has 0 atom stereocenters. The van der Waals surface area contributed by atoms with Crippen LogP contribution in [-0.4, -0.2) is 48.5 Å². The highest BCUT2D eigenvalue weighted by Gasteiger charge is 2.20. The summed E-state index contributed by atoms with van der Waals surface area (Å²) in [5.74, 6) is 2.45. The predicted octanol–water partition coefficient (Wildman–Crippen LogP) is 0.559. The van der Waals surface area contributed by atoms with Gasteiger partial charge in [-0.2, -0.15) is 4.98 Å². The maximum atomic E-state index is 5.69. The van der Waals surface area contributed by atoms with Crippen molar-refractivity contribution in [2.45, 2.75) is 25.7 Å². The summed E-state index contributed by atoms with van der Waals surface area (Å²) < 4.78 is 5.03. The van der Waals surface area contributed by atoms with E-state index in [1.54, 1.807) is 7.11 Å². The van der Waals surface area contributed by atoms with Crippen LogP contribution in [0.1, 0.15) is 25.1 Å². The average Bonchev–Trinajstić information content (AvgIpc) is 2.88. The van der Waals surface area contributed by atoms with Crippen LogP contribution in [0.2, 0.25) is 0 Å². The molecule has 1 saturated heterocycles. The van der Waals surface area contributed by atoms with Crippen molar-refractivity contribution in [1.82, 2.24) is 15.2 Å². The van der Waals surface area contributed by atoms with Gasteiger partial charge in [-0.05, 0) is 31.7 Å². The molecular weight excluding hydrogens is 230 g/mol. The summed E-state index contributed by atoms with van der Waals surface area (Å²) >= 11 is 0. The van der Waals surface area contributed by atoms with Gasteiger partial charge in [-0.15, -0.1) is 5.10 Å². The molecule has 1 aromatic rings. The van der Waals surface area contributed by atoms with E-state index in [1.165, 1.54) is 0 Å². The molecule has 0 amide bonds. The Morgan fingerprint density at radius 3 is 2.89 bits per heavy atom. The Kier molecular flexibility index (Phi) is 4.95. The summed E-state index contributed by atoms with van der Waals surface area (Å²) in [4.78, 5) is 6.77. The molecule has 0 bridgehead atoms. The fourth-order valence-electron chi connectivity index (χ4n) is 2.29. The summed E-state index contributed by atoms with van der Waals surface area (Å²) in [7, 11) is 1.72. The van der Waals surface area contributed by atoms with Crippen molar-refractivity contribution in [3.63, 3.8) is 0 Å². The molecule has 18 heavy (non-hydrogen) atoms. The van der Waals surface area contributed by atoms with Crippen molar-refractivity contribution in [3.8, 4) is 0 Å². The SMILES string of the molecule is COCCCc1nc(N2CCC(CN)CC2)n[nH]1. The number of nitrogens with two attached hydrogens (primary N) is 1. The van der Waals surface area contributed by atoms with Gasteiger partial charge in [0.2, 0.25) is 5.95 Å². The molecular formula is C12H23N5O. The lowest BCUT2D eigenvalue weighted by atomic mass is 9.97. The Morgan fingerprint density at radius 1 is 1.44 bits per heavy atom. The molecule has 6 heteroatoms. The molecule has 0 aliphatic carbocycles. The van der Waals surface area contributed by atoms with Crippen LogP contribution in [0, 0.1) is 5.92 Å². The van der Waals surface area contributed by atoms with E-state index in [4.69, 9.17) is 10.5 Å². The van der Waals surface area contributed by atoms with E-state index < -0.39 is 0 Å².